The van der Waals surface area contributed by atoms with Crippen molar-refractivity contribution in [1.82, 2.24) is 4.72 Å². The lowest BCUT2D eigenvalue weighted by Gasteiger charge is -2.10. The van der Waals surface area contributed by atoms with Gasteiger partial charge in [0.05, 0.1) is 4.90 Å². The largest absolute Gasteiger partial charge is 0.321 e. The van der Waals surface area contributed by atoms with Gasteiger partial charge in [-0.3, -0.25) is 4.79 Å². The van der Waals surface area contributed by atoms with Crippen molar-refractivity contribution in [3.8, 4) is 0 Å². The van der Waals surface area contributed by atoms with Crippen LogP contribution in [0.25, 0.3) is 5.57 Å². The lowest BCUT2D eigenvalue weighted by molar-refractivity contribution is -0.110. The van der Waals surface area contributed by atoms with Gasteiger partial charge in [-0.2, -0.15) is 0 Å². The van der Waals surface area contributed by atoms with E-state index in [1.165, 1.54) is 6.07 Å². The Hall–Kier alpha value is -1.66. The SMILES string of the molecule is CC(C)=C1C(=O)Nc2ccc(S(=O)(=O)NC(C)C)cc21. The summed E-state index contributed by atoms with van der Waals surface area (Å²) in [6.07, 6.45) is 0. The number of rotatable bonds is 3. The van der Waals surface area contributed by atoms with Crippen molar-refractivity contribution in [2.24, 2.45) is 0 Å². The number of hydrogen-bond acceptors (Lipinski definition) is 3. The molecule has 0 bridgehead atoms. The number of benzene rings is 1. The van der Waals surface area contributed by atoms with Crippen molar-refractivity contribution in [3.63, 3.8) is 0 Å². The third-order valence-corrected chi connectivity index (χ3v) is 4.59. The summed E-state index contributed by atoms with van der Waals surface area (Å²) >= 11 is 0. The third-order valence-electron chi connectivity index (χ3n) is 2.94. The molecule has 0 fully saturated rings. The number of hydrogen-bond donors (Lipinski definition) is 2. The van der Waals surface area contributed by atoms with Crippen LogP contribution in [0.4, 0.5) is 5.69 Å². The molecule has 1 aromatic carbocycles. The quantitative estimate of drug-likeness (QED) is 0.838. The van der Waals surface area contributed by atoms with Gasteiger partial charge in [0.2, 0.25) is 10.0 Å². The van der Waals surface area contributed by atoms with Crippen molar-refractivity contribution in [2.75, 3.05) is 5.32 Å². The smallest absolute Gasteiger partial charge is 0.256 e. The number of fused-ring (bicyclic) bond motifs is 1. The van der Waals surface area contributed by atoms with E-state index in [2.05, 4.69) is 10.0 Å². The topological polar surface area (TPSA) is 75.3 Å². The number of amides is 1. The standard InChI is InChI=1S/C14H18N2O3S/c1-8(2)13-11-7-10(20(18,19)16-9(3)4)5-6-12(11)15-14(13)17/h5-7,9,16H,1-4H3,(H,15,17). The van der Waals surface area contributed by atoms with Gasteiger partial charge in [0.25, 0.3) is 5.91 Å². The fourth-order valence-electron chi connectivity index (χ4n) is 2.19. The molecule has 0 saturated heterocycles. The normalized spacial score (nSPS) is 14.4. The van der Waals surface area contributed by atoms with Crippen molar-refractivity contribution in [1.29, 1.82) is 0 Å². The summed E-state index contributed by atoms with van der Waals surface area (Å²) in [7, 11) is -3.56. The molecule has 1 aliphatic rings. The number of carbonyl (C=O) groups is 1. The van der Waals surface area contributed by atoms with Gasteiger partial charge in [-0.1, -0.05) is 5.57 Å². The van der Waals surface area contributed by atoms with E-state index >= 15 is 0 Å². The number of allylic oxidation sites excluding steroid dienone is 1. The van der Waals surface area contributed by atoms with E-state index in [1.54, 1.807) is 26.0 Å². The fraction of sp³-hybridized carbons (Fsp3) is 0.357. The summed E-state index contributed by atoms with van der Waals surface area (Å²) in [5.41, 5.74) is 2.69. The van der Waals surface area contributed by atoms with E-state index in [9.17, 15) is 13.2 Å². The molecule has 0 radical (unpaired) electrons. The second-order valence-electron chi connectivity index (χ2n) is 5.31. The highest BCUT2D eigenvalue weighted by Crippen LogP contribution is 2.35. The molecule has 2 rings (SSSR count). The highest BCUT2D eigenvalue weighted by atomic mass is 32.2. The van der Waals surface area contributed by atoms with Crippen LogP contribution < -0.4 is 10.0 Å². The van der Waals surface area contributed by atoms with Crippen LogP contribution in [0.1, 0.15) is 33.3 Å². The summed E-state index contributed by atoms with van der Waals surface area (Å²) in [6, 6.07) is 4.48. The molecule has 6 heteroatoms. The molecular formula is C14H18N2O3S. The minimum absolute atomic E-state index is 0.167. The van der Waals surface area contributed by atoms with Crippen molar-refractivity contribution < 1.29 is 13.2 Å². The van der Waals surface area contributed by atoms with Crippen LogP contribution >= 0.6 is 0 Å². The van der Waals surface area contributed by atoms with E-state index in [0.29, 0.717) is 16.8 Å². The average molecular weight is 294 g/mol. The minimum atomic E-state index is -3.56. The van der Waals surface area contributed by atoms with Crippen LogP contribution in [0.5, 0.6) is 0 Å². The predicted octanol–water partition coefficient (Wildman–Crippen LogP) is 2.12. The molecule has 0 aliphatic carbocycles. The molecule has 20 heavy (non-hydrogen) atoms. The van der Waals surface area contributed by atoms with Crippen LogP contribution in [-0.4, -0.2) is 20.4 Å². The maximum atomic E-state index is 12.2. The van der Waals surface area contributed by atoms with Gasteiger partial charge >= 0.3 is 0 Å². The summed E-state index contributed by atoms with van der Waals surface area (Å²) < 4.78 is 26.9. The molecule has 1 amide bonds. The second-order valence-corrected chi connectivity index (χ2v) is 7.03. The molecule has 0 unspecified atom stereocenters. The maximum Gasteiger partial charge on any atom is 0.256 e. The van der Waals surface area contributed by atoms with Gasteiger partial charge in [-0.25, -0.2) is 13.1 Å². The molecule has 1 heterocycles. The molecule has 5 nitrogen and oxygen atoms in total. The first-order valence-electron chi connectivity index (χ1n) is 6.38. The second kappa shape index (κ2) is 5.03. The van der Waals surface area contributed by atoms with E-state index in [4.69, 9.17) is 0 Å². The Labute approximate surface area is 119 Å². The molecule has 0 spiro atoms. The van der Waals surface area contributed by atoms with E-state index in [0.717, 1.165) is 5.57 Å². The predicted molar refractivity (Wildman–Crippen MR) is 78.8 cm³/mol. The zero-order valence-electron chi connectivity index (χ0n) is 11.9. The summed E-state index contributed by atoms with van der Waals surface area (Å²) in [6.45, 7) is 7.18. The number of sulfonamides is 1. The molecular weight excluding hydrogens is 276 g/mol. The Kier molecular flexibility index (Phi) is 3.71. The van der Waals surface area contributed by atoms with Crippen LogP contribution in [0.2, 0.25) is 0 Å². The lowest BCUT2D eigenvalue weighted by Crippen LogP contribution is -2.30. The zero-order valence-corrected chi connectivity index (χ0v) is 12.8. The Morgan fingerprint density at radius 2 is 1.90 bits per heavy atom. The maximum absolute atomic E-state index is 12.2. The van der Waals surface area contributed by atoms with Crippen molar-refractivity contribution >= 4 is 27.2 Å². The summed E-state index contributed by atoms with van der Waals surface area (Å²) in [4.78, 5) is 12.0. The van der Waals surface area contributed by atoms with Crippen LogP contribution in [0.3, 0.4) is 0 Å². The first-order valence-corrected chi connectivity index (χ1v) is 7.86. The molecule has 0 atom stereocenters. The molecule has 0 saturated carbocycles. The monoisotopic (exact) mass is 294 g/mol. The number of nitrogens with one attached hydrogen (secondary N) is 2. The van der Waals surface area contributed by atoms with Gasteiger partial charge in [0.15, 0.2) is 0 Å². The van der Waals surface area contributed by atoms with E-state index in [-0.39, 0.29) is 16.8 Å². The number of anilines is 1. The third kappa shape index (κ3) is 2.62. The van der Waals surface area contributed by atoms with Gasteiger partial charge in [0, 0.05) is 22.9 Å². The average Bonchev–Trinajstić information content (AvgIpc) is 2.61. The van der Waals surface area contributed by atoms with E-state index in [1.807, 2.05) is 13.8 Å². The minimum Gasteiger partial charge on any atom is -0.321 e. The Morgan fingerprint density at radius 1 is 1.25 bits per heavy atom. The van der Waals surface area contributed by atoms with Crippen LogP contribution in [0, 0.1) is 0 Å². The summed E-state index contributed by atoms with van der Waals surface area (Å²) in [5, 5.41) is 2.74. The van der Waals surface area contributed by atoms with Crippen molar-refractivity contribution in [2.45, 2.75) is 38.6 Å². The Morgan fingerprint density at radius 3 is 2.45 bits per heavy atom. The Bertz CT molecular complexity index is 699. The summed E-state index contributed by atoms with van der Waals surface area (Å²) in [5.74, 6) is -0.189. The fourth-order valence-corrected chi connectivity index (χ4v) is 3.47. The first-order chi connectivity index (χ1) is 9.22. The zero-order chi connectivity index (χ0) is 15.1. The van der Waals surface area contributed by atoms with Crippen LogP contribution in [0.15, 0.2) is 28.7 Å². The van der Waals surface area contributed by atoms with Gasteiger partial charge < -0.3 is 5.32 Å². The van der Waals surface area contributed by atoms with Crippen molar-refractivity contribution in [3.05, 3.63) is 29.3 Å². The highest BCUT2D eigenvalue weighted by molar-refractivity contribution is 7.89. The van der Waals surface area contributed by atoms with Crippen LogP contribution in [-0.2, 0) is 14.8 Å². The Balaban J connectivity index is 2.54. The first kappa shape index (κ1) is 14.7. The molecule has 1 aromatic rings. The molecule has 108 valence electrons. The number of carbonyl (C=O) groups excluding carboxylic acids is 1. The highest BCUT2D eigenvalue weighted by Gasteiger charge is 2.27. The van der Waals surface area contributed by atoms with E-state index < -0.39 is 10.0 Å². The molecule has 2 N–H and O–H groups in total. The van der Waals surface area contributed by atoms with Gasteiger partial charge in [-0.15, -0.1) is 0 Å². The lowest BCUT2D eigenvalue weighted by atomic mass is 10.0. The molecule has 0 aromatic heterocycles. The molecule has 1 aliphatic heterocycles. The van der Waals surface area contributed by atoms with Gasteiger partial charge in [0.1, 0.15) is 0 Å². The van der Waals surface area contributed by atoms with Gasteiger partial charge in [-0.05, 0) is 45.9 Å².